The predicted molar refractivity (Wildman–Crippen MR) is 105 cm³/mol. The molecule has 5 rings (SSSR count). The molecule has 5 heterocycles. The largest absolute Gasteiger partial charge is 0.354 e. The van der Waals surface area contributed by atoms with Crippen molar-refractivity contribution in [1.82, 2.24) is 29.8 Å². The van der Waals surface area contributed by atoms with Gasteiger partial charge in [-0.3, -0.25) is 9.55 Å². The van der Waals surface area contributed by atoms with Crippen LogP contribution >= 0.6 is 0 Å². The summed E-state index contributed by atoms with van der Waals surface area (Å²) in [4.78, 5) is 19.6. The average Bonchev–Trinajstić information content (AvgIpc) is 3.13. The van der Waals surface area contributed by atoms with Gasteiger partial charge in [-0.2, -0.15) is 0 Å². The first-order chi connectivity index (χ1) is 14.2. The van der Waals surface area contributed by atoms with Crippen molar-refractivity contribution in [3.8, 4) is 17.2 Å². The molecule has 0 radical (unpaired) electrons. The van der Waals surface area contributed by atoms with Gasteiger partial charge in [0.1, 0.15) is 22.8 Å². The molecule has 0 amide bonds. The van der Waals surface area contributed by atoms with Crippen LogP contribution < -0.4 is 10.2 Å². The Balaban J connectivity index is 1.74. The summed E-state index contributed by atoms with van der Waals surface area (Å²) in [5, 5.41) is 3.32. The summed E-state index contributed by atoms with van der Waals surface area (Å²) < 4.78 is 29.6. The number of pyridine rings is 3. The number of imidazole rings is 1. The van der Waals surface area contributed by atoms with Crippen molar-refractivity contribution < 1.29 is 8.78 Å². The molecule has 0 unspecified atom stereocenters. The van der Waals surface area contributed by atoms with E-state index < -0.39 is 11.6 Å². The van der Waals surface area contributed by atoms with Crippen LogP contribution in [0.5, 0.6) is 0 Å². The Hall–Kier alpha value is -3.46. The van der Waals surface area contributed by atoms with Gasteiger partial charge in [0.15, 0.2) is 17.3 Å². The smallest absolute Gasteiger partial charge is 0.168 e. The SMILES string of the molecule is Fc1cnc(-c2nc3ccc(N4CCNCC4)nc3n2-c2ccncc2)c(F)c1. The summed E-state index contributed by atoms with van der Waals surface area (Å²) in [6.45, 7) is 3.48. The second-order valence-corrected chi connectivity index (χ2v) is 6.71. The van der Waals surface area contributed by atoms with E-state index in [2.05, 4.69) is 25.2 Å². The molecule has 0 spiro atoms. The Morgan fingerprint density at radius 1 is 0.966 bits per heavy atom. The number of piperazine rings is 1. The molecular formula is C20H17F2N7. The molecule has 1 fully saturated rings. The molecule has 0 aliphatic carbocycles. The molecule has 1 saturated heterocycles. The van der Waals surface area contributed by atoms with Gasteiger partial charge in [0, 0.05) is 44.6 Å². The summed E-state index contributed by atoms with van der Waals surface area (Å²) in [7, 11) is 0. The van der Waals surface area contributed by atoms with Crippen molar-refractivity contribution in [2.75, 3.05) is 31.1 Å². The summed E-state index contributed by atoms with van der Waals surface area (Å²) in [5.74, 6) is -0.433. The second-order valence-electron chi connectivity index (χ2n) is 6.71. The van der Waals surface area contributed by atoms with Crippen LogP contribution in [-0.4, -0.2) is 50.7 Å². The summed E-state index contributed by atoms with van der Waals surface area (Å²) in [5.41, 5.74) is 1.85. The van der Waals surface area contributed by atoms with E-state index in [-0.39, 0.29) is 11.5 Å². The van der Waals surface area contributed by atoms with E-state index >= 15 is 0 Å². The number of aromatic nitrogens is 5. The number of nitrogens with one attached hydrogen (secondary N) is 1. The van der Waals surface area contributed by atoms with Crippen molar-refractivity contribution >= 4 is 17.0 Å². The lowest BCUT2D eigenvalue weighted by atomic mass is 10.3. The van der Waals surface area contributed by atoms with Gasteiger partial charge in [-0.25, -0.2) is 23.7 Å². The fourth-order valence-corrected chi connectivity index (χ4v) is 3.49. The van der Waals surface area contributed by atoms with E-state index in [1.807, 2.05) is 12.1 Å². The summed E-state index contributed by atoms with van der Waals surface area (Å²) in [6, 6.07) is 8.15. The highest BCUT2D eigenvalue weighted by molar-refractivity contribution is 5.81. The molecule has 0 atom stereocenters. The molecular weight excluding hydrogens is 376 g/mol. The standard InChI is InChI=1S/C20H17F2N7/c21-13-11-15(22)18(25-12-13)20-26-16-1-2-17(28-9-7-24-8-10-28)27-19(16)29(20)14-3-5-23-6-4-14/h1-6,11-12,24H,7-10H2. The minimum Gasteiger partial charge on any atom is -0.354 e. The Labute approximate surface area is 165 Å². The van der Waals surface area contributed by atoms with Gasteiger partial charge in [-0.15, -0.1) is 0 Å². The number of hydrogen-bond acceptors (Lipinski definition) is 6. The minimum absolute atomic E-state index is 0.0371. The van der Waals surface area contributed by atoms with Crippen LogP contribution in [0.4, 0.5) is 14.6 Å². The van der Waals surface area contributed by atoms with Gasteiger partial charge < -0.3 is 10.2 Å². The van der Waals surface area contributed by atoms with Crippen LogP contribution in [0.1, 0.15) is 0 Å². The van der Waals surface area contributed by atoms with E-state index in [1.165, 1.54) is 0 Å². The van der Waals surface area contributed by atoms with Crippen LogP contribution in [0.25, 0.3) is 28.4 Å². The number of fused-ring (bicyclic) bond motifs is 1. The quantitative estimate of drug-likeness (QED) is 0.577. The molecule has 0 bridgehead atoms. The Morgan fingerprint density at radius 3 is 2.52 bits per heavy atom. The van der Waals surface area contributed by atoms with Gasteiger partial charge in [-0.1, -0.05) is 0 Å². The fourth-order valence-electron chi connectivity index (χ4n) is 3.49. The normalized spacial score (nSPS) is 14.5. The molecule has 1 N–H and O–H groups in total. The molecule has 4 aromatic rings. The van der Waals surface area contributed by atoms with Crippen molar-refractivity contribution in [2.45, 2.75) is 0 Å². The van der Waals surface area contributed by atoms with E-state index in [1.54, 1.807) is 29.1 Å². The Bertz CT molecular complexity index is 1170. The highest BCUT2D eigenvalue weighted by Crippen LogP contribution is 2.29. The maximum absolute atomic E-state index is 14.5. The van der Waals surface area contributed by atoms with E-state index in [0.29, 0.717) is 16.9 Å². The Kier molecular flexibility index (Phi) is 4.36. The van der Waals surface area contributed by atoms with Crippen molar-refractivity contribution in [3.05, 3.63) is 60.6 Å². The van der Waals surface area contributed by atoms with Gasteiger partial charge in [0.05, 0.1) is 11.9 Å². The van der Waals surface area contributed by atoms with Crippen LogP contribution in [-0.2, 0) is 0 Å². The summed E-state index contributed by atoms with van der Waals surface area (Å²) >= 11 is 0. The molecule has 4 aromatic heterocycles. The number of hydrogen-bond donors (Lipinski definition) is 1. The molecule has 146 valence electrons. The van der Waals surface area contributed by atoms with Gasteiger partial charge in [0.2, 0.25) is 0 Å². The number of halogens is 2. The maximum Gasteiger partial charge on any atom is 0.168 e. The van der Waals surface area contributed by atoms with Crippen LogP contribution in [0.2, 0.25) is 0 Å². The third-order valence-electron chi connectivity index (χ3n) is 4.87. The van der Waals surface area contributed by atoms with Crippen molar-refractivity contribution in [3.63, 3.8) is 0 Å². The fraction of sp³-hybridized carbons (Fsp3) is 0.200. The molecule has 0 aromatic carbocycles. The van der Waals surface area contributed by atoms with Crippen molar-refractivity contribution in [1.29, 1.82) is 0 Å². The molecule has 29 heavy (non-hydrogen) atoms. The topological polar surface area (TPSA) is 71.8 Å². The van der Waals surface area contributed by atoms with Gasteiger partial charge in [-0.05, 0) is 24.3 Å². The average molecular weight is 393 g/mol. The van der Waals surface area contributed by atoms with E-state index in [4.69, 9.17) is 4.98 Å². The lowest BCUT2D eigenvalue weighted by Gasteiger charge is -2.28. The third kappa shape index (κ3) is 3.19. The molecule has 9 heteroatoms. The van der Waals surface area contributed by atoms with Crippen LogP contribution in [0.3, 0.4) is 0 Å². The lowest BCUT2D eigenvalue weighted by Crippen LogP contribution is -2.43. The zero-order valence-electron chi connectivity index (χ0n) is 15.4. The Morgan fingerprint density at radius 2 is 1.76 bits per heavy atom. The number of rotatable bonds is 3. The molecule has 7 nitrogen and oxygen atoms in total. The minimum atomic E-state index is -0.780. The number of anilines is 1. The molecule has 1 aliphatic heterocycles. The van der Waals surface area contributed by atoms with Crippen LogP contribution in [0.15, 0.2) is 48.9 Å². The first kappa shape index (κ1) is 17.6. The summed E-state index contributed by atoms with van der Waals surface area (Å²) in [6.07, 6.45) is 4.26. The predicted octanol–water partition coefficient (Wildman–Crippen LogP) is 2.57. The van der Waals surface area contributed by atoms with E-state index in [9.17, 15) is 8.78 Å². The molecule has 1 aliphatic rings. The lowest BCUT2D eigenvalue weighted by molar-refractivity contribution is 0.575. The zero-order valence-corrected chi connectivity index (χ0v) is 15.4. The second kappa shape index (κ2) is 7.17. The van der Waals surface area contributed by atoms with Crippen LogP contribution in [0, 0.1) is 11.6 Å². The van der Waals surface area contributed by atoms with E-state index in [0.717, 1.165) is 44.3 Å². The zero-order chi connectivity index (χ0) is 19.8. The first-order valence-corrected chi connectivity index (χ1v) is 9.28. The number of nitrogens with zero attached hydrogens (tertiary/aromatic N) is 6. The monoisotopic (exact) mass is 393 g/mol. The third-order valence-corrected chi connectivity index (χ3v) is 4.87. The first-order valence-electron chi connectivity index (χ1n) is 9.28. The van der Waals surface area contributed by atoms with Gasteiger partial charge in [0.25, 0.3) is 0 Å². The van der Waals surface area contributed by atoms with Crippen molar-refractivity contribution in [2.24, 2.45) is 0 Å². The maximum atomic E-state index is 14.5. The highest BCUT2D eigenvalue weighted by Gasteiger charge is 2.21. The highest BCUT2D eigenvalue weighted by atomic mass is 19.1. The molecule has 0 saturated carbocycles. The van der Waals surface area contributed by atoms with Gasteiger partial charge >= 0.3 is 0 Å².